The van der Waals surface area contributed by atoms with Crippen LogP contribution in [0, 0.1) is 5.82 Å². The van der Waals surface area contributed by atoms with Gasteiger partial charge in [-0.25, -0.2) is 12.8 Å². The molecule has 1 saturated heterocycles. The molecule has 1 aliphatic heterocycles. The van der Waals surface area contributed by atoms with Crippen molar-refractivity contribution in [2.75, 3.05) is 39.3 Å². The molecule has 0 bridgehead atoms. The zero-order valence-electron chi connectivity index (χ0n) is 18.2. The van der Waals surface area contributed by atoms with Crippen LogP contribution >= 0.6 is 0 Å². The summed E-state index contributed by atoms with van der Waals surface area (Å²) in [5.74, 6) is -0.597. The van der Waals surface area contributed by atoms with Gasteiger partial charge in [-0.2, -0.15) is 4.31 Å². The Bertz CT molecular complexity index is 1180. The van der Waals surface area contributed by atoms with Crippen molar-refractivity contribution < 1.29 is 17.6 Å². The van der Waals surface area contributed by atoms with Crippen molar-refractivity contribution in [1.29, 1.82) is 0 Å². The van der Waals surface area contributed by atoms with Crippen molar-refractivity contribution in [1.82, 2.24) is 14.5 Å². The molecule has 1 amide bonds. The van der Waals surface area contributed by atoms with Crippen LogP contribution in [-0.4, -0.2) is 62.8 Å². The fourth-order valence-electron chi connectivity index (χ4n) is 3.82. The van der Waals surface area contributed by atoms with Crippen LogP contribution in [0.4, 0.5) is 4.39 Å². The molecule has 8 heteroatoms. The number of carbonyl (C=O) groups excluding carboxylic acids is 1. The van der Waals surface area contributed by atoms with Crippen molar-refractivity contribution in [3.8, 4) is 11.1 Å². The van der Waals surface area contributed by atoms with E-state index in [0.717, 1.165) is 23.3 Å². The van der Waals surface area contributed by atoms with Gasteiger partial charge in [-0.1, -0.05) is 42.5 Å². The van der Waals surface area contributed by atoms with Crippen molar-refractivity contribution in [2.24, 2.45) is 0 Å². The summed E-state index contributed by atoms with van der Waals surface area (Å²) in [7, 11) is -3.63. The molecule has 3 aromatic carbocycles. The fourth-order valence-corrected chi connectivity index (χ4v) is 5.25. The maximum Gasteiger partial charge on any atom is 0.251 e. The number of benzene rings is 3. The van der Waals surface area contributed by atoms with E-state index in [-0.39, 0.29) is 10.8 Å². The highest BCUT2D eigenvalue weighted by atomic mass is 32.2. The van der Waals surface area contributed by atoms with Crippen LogP contribution < -0.4 is 5.32 Å². The van der Waals surface area contributed by atoms with Gasteiger partial charge in [-0.15, -0.1) is 0 Å². The number of carbonyl (C=O) groups is 1. The number of hydrogen-bond acceptors (Lipinski definition) is 4. The van der Waals surface area contributed by atoms with Crippen molar-refractivity contribution in [3.05, 3.63) is 90.2 Å². The molecule has 1 heterocycles. The van der Waals surface area contributed by atoms with Gasteiger partial charge in [0.25, 0.3) is 5.91 Å². The largest absolute Gasteiger partial charge is 0.351 e. The third-order valence-electron chi connectivity index (χ3n) is 5.75. The van der Waals surface area contributed by atoms with E-state index in [9.17, 15) is 17.6 Å². The molecule has 0 aromatic heterocycles. The molecule has 0 saturated carbocycles. The molecule has 0 radical (unpaired) electrons. The van der Waals surface area contributed by atoms with Gasteiger partial charge in [0.2, 0.25) is 10.0 Å². The first-order valence-electron chi connectivity index (χ1n) is 10.9. The highest BCUT2D eigenvalue weighted by molar-refractivity contribution is 7.89. The molecule has 0 atom stereocenters. The third kappa shape index (κ3) is 5.65. The smallest absolute Gasteiger partial charge is 0.251 e. The maximum absolute atomic E-state index is 13.1. The highest BCUT2D eigenvalue weighted by Crippen LogP contribution is 2.20. The monoisotopic (exact) mass is 467 g/mol. The van der Waals surface area contributed by atoms with Crippen molar-refractivity contribution in [3.63, 3.8) is 0 Å². The second kappa shape index (κ2) is 10.2. The second-order valence-corrected chi connectivity index (χ2v) is 9.84. The van der Waals surface area contributed by atoms with Gasteiger partial charge < -0.3 is 5.32 Å². The lowest BCUT2D eigenvalue weighted by Crippen LogP contribution is -2.50. The van der Waals surface area contributed by atoms with Crippen LogP contribution in [0.1, 0.15) is 10.4 Å². The zero-order chi connectivity index (χ0) is 23.3. The summed E-state index contributed by atoms with van der Waals surface area (Å²) in [5, 5.41) is 2.93. The minimum absolute atomic E-state index is 0.0999. The van der Waals surface area contributed by atoms with Crippen LogP contribution in [-0.2, 0) is 10.0 Å². The highest BCUT2D eigenvalue weighted by Gasteiger charge is 2.28. The molecule has 1 N–H and O–H groups in total. The Hall–Kier alpha value is -3.07. The fraction of sp³-hybridized carbons (Fsp3) is 0.240. The molecule has 1 fully saturated rings. The number of rotatable bonds is 7. The Balaban J connectivity index is 1.23. The minimum Gasteiger partial charge on any atom is -0.351 e. The topological polar surface area (TPSA) is 69.7 Å². The number of sulfonamides is 1. The first kappa shape index (κ1) is 23.1. The molecular weight excluding hydrogens is 441 g/mol. The molecule has 4 rings (SSSR count). The average Bonchev–Trinajstić information content (AvgIpc) is 2.85. The Kier molecular flexibility index (Phi) is 7.17. The minimum atomic E-state index is -3.63. The van der Waals surface area contributed by atoms with Gasteiger partial charge in [-0.05, 0) is 47.5 Å². The third-order valence-corrected chi connectivity index (χ3v) is 7.66. The van der Waals surface area contributed by atoms with E-state index in [1.165, 1.54) is 16.4 Å². The summed E-state index contributed by atoms with van der Waals surface area (Å²) < 4.78 is 39.9. The molecular formula is C25H26FN3O3S. The maximum atomic E-state index is 13.1. The van der Waals surface area contributed by atoms with Crippen LogP contribution in [0.2, 0.25) is 0 Å². The van der Waals surface area contributed by atoms with E-state index in [0.29, 0.717) is 44.8 Å². The number of halogens is 1. The molecule has 33 heavy (non-hydrogen) atoms. The van der Waals surface area contributed by atoms with Gasteiger partial charge in [0.1, 0.15) is 5.82 Å². The van der Waals surface area contributed by atoms with E-state index in [2.05, 4.69) is 10.2 Å². The summed E-state index contributed by atoms with van der Waals surface area (Å²) in [6.45, 7) is 2.97. The van der Waals surface area contributed by atoms with Gasteiger partial charge in [0, 0.05) is 44.8 Å². The lowest BCUT2D eigenvalue weighted by Gasteiger charge is -2.33. The van der Waals surface area contributed by atoms with Gasteiger partial charge in [-0.3, -0.25) is 9.69 Å². The molecule has 6 nitrogen and oxygen atoms in total. The molecule has 0 aliphatic carbocycles. The zero-order valence-corrected chi connectivity index (χ0v) is 19.0. The number of nitrogens with zero attached hydrogens (tertiary/aromatic N) is 2. The van der Waals surface area contributed by atoms with Crippen LogP contribution in [0.3, 0.4) is 0 Å². The molecule has 3 aromatic rings. The lowest BCUT2D eigenvalue weighted by molar-refractivity contribution is 0.0945. The van der Waals surface area contributed by atoms with E-state index >= 15 is 0 Å². The summed E-state index contributed by atoms with van der Waals surface area (Å²) in [6.07, 6.45) is 0. The lowest BCUT2D eigenvalue weighted by atomic mass is 10.0. The quantitative estimate of drug-likeness (QED) is 0.579. The van der Waals surface area contributed by atoms with Crippen LogP contribution in [0.15, 0.2) is 83.8 Å². The first-order chi connectivity index (χ1) is 15.9. The van der Waals surface area contributed by atoms with E-state index in [4.69, 9.17) is 0 Å². The van der Waals surface area contributed by atoms with E-state index in [1.54, 1.807) is 0 Å². The Morgan fingerprint density at radius 2 is 1.42 bits per heavy atom. The molecule has 0 spiro atoms. The van der Waals surface area contributed by atoms with Gasteiger partial charge >= 0.3 is 0 Å². The summed E-state index contributed by atoms with van der Waals surface area (Å²) in [4.78, 5) is 14.7. The normalized spacial score (nSPS) is 15.3. The van der Waals surface area contributed by atoms with Crippen LogP contribution in [0.25, 0.3) is 11.1 Å². The Labute approximate surface area is 193 Å². The average molecular weight is 468 g/mol. The number of piperazine rings is 1. The summed E-state index contributed by atoms with van der Waals surface area (Å²) >= 11 is 0. The van der Waals surface area contributed by atoms with Crippen molar-refractivity contribution in [2.45, 2.75) is 4.90 Å². The van der Waals surface area contributed by atoms with Crippen molar-refractivity contribution >= 4 is 15.9 Å². The standard InChI is InChI=1S/C25H26FN3O3S/c26-23-10-12-24(13-11-23)33(31,32)29-18-16-28(17-19-29)15-14-27-25(30)22-8-6-21(7-9-22)20-4-2-1-3-5-20/h1-13H,14-19H2,(H,27,30). The summed E-state index contributed by atoms with van der Waals surface area (Å²) in [5.41, 5.74) is 2.76. The summed E-state index contributed by atoms with van der Waals surface area (Å²) in [6, 6.07) is 22.4. The predicted molar refractivity (Wildman–Crippen MR) is 126 cm³/mol. The molecule has 1 aliphatic rings. The molecule has 0 unspecified atom stereocenters. The first-order valence-corrected chi connectivity index (χ1v) is 12.3. The van der Waals surface area contributed by atoms with Crippen LogP contribution in [0.5, 0.6) is 0 Å². The Morgan fingerprint density at radius 3 is 2.06 bits per heavy atom. The van der Waals surface area contributed by atoms with Gasteiger partial charge in [0.15, 0.2) is 0 Å². The van der Waals surface area contributed by atoms with Gasteiger partial charge in [0.05, 0.1) is 4.90 Å². The molecule has 172 valence electrons. The number of hydrogen-bond donors (Lipinski definition) is 1. The van der Waals surface area contributed by atoms with E-state index in [1.807, 2.05) is 54.6 Å². The number of amides is 1. The van der Waals surface area contributed by atoms with E-state index < -0.39 is 15.8 Å². The number of nitrogens with one attached hydrogen (secondary N) is 1. The Morgan fingerprint density at radius 1 is 0.818 bits per heavy atom. The predicted octanol–water partition coefficient (Wildman–Crippen LogP) is 3.23. The SMILES string of the molecule is O=C(NCCN1CCN(S(=O)(=O)c2ccc(F)cc2)CC1)c1ccc(-c2ccccc2)cc1. The second-order valence-electron chi connectivity index (χ2n) is 7.90.